The largest absolute Gasteiger partial charge is 0.317 e. The molecule has 1 atom stereocenters. The Morgan fingerprint density at radius 3 is 2.42 bits per heavy atom. The first-order chi connectivity index (χ1) is 9.26. The highest BCUT2D eigenvalue weighted by Gasteiger charge is 2.30. The number of piperidine rings is 1. The summed E-state index contributed by atoms with van der Waals surface area (Å²) in [6.45, 7) is 11.9. The van der Waals surface area contributed by atoms with Crippen molar-refractivity contribution in [2.45, 2.75) is 72.1 Å². The van der Waals surface area contributed by atoms with Gasteiger partial charge in [-0.3, -0.25) is 0 Å². The Morgan fingerprint density at radius 1 is 1.11 bits per heavy atom. The van der Waals surface area contributed by atoms with Crippen LogP contribution < -0.4 is 10.6 Å². The molecule has 0 saturated carbocycles. The predicted octanol–water partition coefficient (Wildman–Crippen LogP) is 3.96. The fraction of sp³-hybridized carbons (Fsp3) is 1.00. The monoisotopic (exact) mass is 268 g/mol. The van der Waals surface area contributed by atoms with Crippen molar-refractivity contribution in [3.05, 3.63) is 0 Å². The standard InChI is InChI=1S/C17H36N2/c1-4-7-8-16(6-3)14-19-15-17(9-5-2)10-12-18-13-11-17/h16,18-19H,4-15H2,1-3H3. The third kappa shape index (κ3) is 6.27. The van der Waals surface area contributed by atoms with Gasteiger partial charge in [0.2, 0.25) is 0 Å². The molecule has 19 heavy (non-hydrogen) atoms. The van der Waals surface area contributed by atoms with Gasteiger partial charge in [-0.25, -0.2) is 0 Å². The van der Waals surface area contributed by atoms with E-state index in [0.717, 1.165) is 5.92 Å². The van der Waals surface area contributed by atoms with Crippen LogP contribution in [0.1, 0.15) is 72.1 Å². The summed E-state index contributed by atoms with van der Waals surface area (Å²) in [5.41, 5.74) is 0.586. The lowest BCUT2D eigenvalue weighted by molar-refractivity contribution is 0.172. The highest BCUT2D eigenvalue weighted by Crippen LogP contribution is 2.33. The Morgan fingerprint density at radius 2 is 1.84 bits per heavy atom. The molecular formula is C17H36N2. The minimum Gasteiger partial charge on any atom is -0.317 e. The van der Waals surface area contributed by atoms with Crippen molar-refractivity contribution in [2.24, 2.45) is 11.3 Å². The molecular weight excluding hydrogens is 232 g/mol. The Labute approximate surface area is 121 Å². The van der Waals surface area contributed by atoms with Gasteiger partial charge in [-0.15, -0.1) is 0 Å². The van der Waals surface area contributed by atoms with E-state index in [1.54, 1.807) is 0 Å². The van der Waals surface area contributed by atoms with Gasteiger partial charge in [0.25, 0.3) is 0 Å². The molecule has 1 saturated heterocycles. The molecule has 1 aliphatic heterocycles. The van der Waals surface area contributed by atoms with E-state index in [1.165, 1.54) is 77.5 Å². The van der Waals surface area contributed by atoms with Gasteiger partial charge < -0.3 is 10.6 Å². The highest BCUT2D eigenvalue weighted by molar-refractivity contribution is 4.86. The summed E-state index contributed by atoms with van der Waals surface area (Å²) < 4.78 is 0. The zero-order valence-electron chi connectivity index (χ0n) is 13.6. The molecule has 0 aliphatic carbocycles. The van der Waals surface area contributed by atoms with Crippen LogP contribution >= 0.6 is 0 Å². The van der Waals surface area contributed by atoms with Crippen molar-refractivity contribution < 1.29 is 0 Å². The van der Waals surface area contributed by atoms with Crippen molar-refractivity contribution in [1.82, 2.24) is 10.6 Å². The smallest absolute Gasteiger partial charge is 0.000887 e. The Bertz CT molecular complexity index is 204. The molecule has 1 fully saturated rings. The van der Waals surface area contributed by atoms with E-state index in [-0.39, 0.29) is 0 Å². The number of hydrogen-bond donors (Lipinski definition) is 2. The summed E-state index contributed by atoms with van der Waals surface area (Å²) in [5.74, 6) is 0.889. The summed E-state index contributed by atoms with van der Waals surface area (Å²) in [5, 5.41) is 7.32. The van der Waals surface area contributed by atoms with Crippen LogP contribution in [-0.4, -0.2) is 26.2 Å². The van der Waals surface area contributed by atoms with E-state index in [9.17, 15) is 0 Å². The van der Waals surface area contributed by atoms with Crippen LogP contribution in [0.2, 0.25) is 0 Å². The summed E-state index contributed by atoms with van der Waals surface area (Å²) in [4.78, 5) is 0. The van der Waals surface area contributed by atoms with Gasteiger partial charge in [-0.05, 0) is 56.7 Å². The summed E-state index contributed by atoms with van der Waals surface area (Å²) >= 11 is 0. The van der Waals surface area contributed by atoms with Gasteiger partial charge >= 0.3 is 0 Å². The molecule has 0 spiro atoms. The number of unbranched alkanes of at least 4 members (excludes halogenated alkanes) is 1. The second-order valence-electron chi connectivity index (χ2n) is 6.55. The predicted molar refractivity (Wildman–Crippen MR) is 85.6 cm³/mol. The third-order valence-corrected chi connectivity index (χ3v) is 4.92. The van der Waals surface area contributed by atoms with E-state index in [2.05, 4.69) is 31.4 Å². The third-order valence-electron chi connectivity index (χ3n) is 4.92. The first-order valence-corrected chi connectivity index (χ1v) is 8.67. The zero-order valence-corrected chi connectivity index (χ0v) is 13.6. The van der Waals surface area contributed by atoms with Crippen LogP contribution in [0, 0.1) is 11.3 Å². The molecule has 0 aromatic carbocycles. The van der Waals surface area contributed by atoms with Crippen molar-refractivity contribution in [2.75, 3.05) is 26.2 Å². The summed E-state index contributed by atoms with van der Waals surface area (Å²) in [7, 11) is 0. The molecule has 2 N–H and O–H groups in total. The van der Waals surface area contributed by atoms with Gasteiger partial charge in [0.1, 0.15) is 0 Å². The second kappa shape index (κ2) is 9.77. The topological polar surface area (TPSA) is 24.1 Å². The molecule has 2 heteroatoms. The molecule has 0 radical (unpaired) electrons. The van der Waals surface area contributed by atoms with Gasteiger partial charge in [0, 0.05) is 6.54 Å². The maximum Gasteiger partial charge on any atom is 0.000887 e. The lowest BCUT2D eigenvalue weighted by atomic mass is 9.75. The molecule has 2 nitrogen and oxygen atoms in total. The molecule has 0 bridgehead atoms. The van der Waals surface area contributed by atoms with E-state index < -0.39 is 0 Å². The van der Waals surface area contributed by atoms with Crippen LogP contribution in [0.4, 0.5) is 0 Å². The number of rotatable bonds is 10. The van der Waals surface area contributed by atoms with Crippen molar-refractivity contribution in [3.63, 3.8) is 0 Å². The van der Waals surface area contributed by atoms with Gasteiger partial charge in [-0.2, -0.15) is 0 Å². The average Bonchev–Trinajstić information content (AvgIpc) is 2.44. The van der Waals surface area contributed by atoms with Gasteiger partial charge in [-0.1, -0.05) is 46.5 Å². The van der Waals surface area contributed by atoms with Crippen LogP contribution in [-0.2, 0) is 0 Å². The number of hydrogen-bond acceptors (Lipinski definition) is 2. The van der Waals surface area contributed by atoms with Crippen molar-refractivity contribution in [3.8, 4) is 0 Å². The van der Waals surface area contributed by atoms with Crippen LogP contribution in [0.3, 0.4) is 0 Å². The SMILES string of the molecule is CCCCC(CC)CNCC1(CCC)CCNCC1. The fourth-order valence-electron chi connectivity index (χ4n) is 3.49. The zero-order chi connectivity index (χ0) is 14.0. The van der Waals surface area contributed by atoms with E-state index >= 15 is 0 Å². The van der Waals surface area contributed by atoms with E-state index in [0.29, 0.717) is 5.41 Å². The van der Waals surface area contributed by atoms with E-state index in [1.807, 2.05) is 0 Å². The van der Waals surface area contributed by atoms with Crippen LogP contribution in [0.15, 0.2) is 0 Å². The lowest BCUT2D eigenvalue weighted by Gasteiger charge is -2.38. The summed E-state index contributed by atoms with van der Waals surface area (Å²) in [6, 6.07) is 0. The molecule has 114 valence electrons. The molecule has 0 aromatic rings. The van der Waals surface area contributed by atoms with Gasteiger partial charge in [0.15, 0.2) is 0 Å². The maximum absolute atomic E-state index is 3.81. The Kier molecular flexibility index (Phi) is 8.72. The fourth-order valence-corrected chi connectivity index (χ4v) is 3.49. The normalized spacial score (nSPS) is 20.4. The Balaban J connectivity index is 2.30. The average molecular weight is 268 g/mol. The highest BCUT2D eigenvalue weighted by atomic mass is 14.9. The van der Waals surface area contributed by atoms with Gasteiger partial charge in [0.05, 0.1) is 0 Å². The second-order valence-corrected chi connectivity index (χ2v) is 6.55. The first kappa shape index (κ1) is 17.0. The minimum atomic E-state index is 0.586. The Hall–Kier alpha value is -0.0800. The molecule has 1 rings (SSSR count). The van der Waals surface area contributed by atoms with Crippen molar-refractivity contribution >= 4 is 0 Å². The van der Waals surface area contributed by atoms with Crippen molar-refractivity contribution in [1.29, 1.82) is 0 Å². The molecule has 0 amide bonds. The van der Waals surface area contributed by atoms with E-state index in [4.69, 9.17) is 0 Å². The molecule has 1 heterocycles. The summed E-state index contributed by atoms with van der Waals surface area (Å²) in [6.07, 6.45) is 10.9. The first-order valence-electron chi connectivity index (χ1n) is 8.67. The quantitative estimate of drug-likeness (QED) is 0.626. The van der Waals surface area contributed by atoms with Crippen LogP contribution in [0.5, 0.6) is 0 Å². The molecule has 0 aromatic heterocycles. The lowest BCUT2D eigenvalue weighted by Crippen LogP contribution is -2.44. The van der Waals surface area contributed by atoms with Crippen LogP contribution in [0.25, 0.3) is 0 Å². The maximum atomic E-state index is 3.81. The molecule has 1 unspecified atom stereocenters. The minimum absolute atomic E-state index is 0.586. The number of nitrogens with one attached hydrogen (secondary N) is 2. The molecule has 1 aliphatic rings.